The summed E-state index contributed by atoms with van der Waals surface area (Å²) >= 11 is 1.75. The third kappa shape index (κ3) is 3.14. The van der Waals surface area contributed by atoms with E-state index in [0.717, 1.165) is 39.1 Å². The summed E-state index contributed by atoms with van der Waals surface area (Å²) < 4.78 is 11.2. The van der Waals surface area contributed by atoms with Gasteiger partial charge in [-0.1, -0.05) is 0 Å². The first-order valence-corrected chi connectivity index (χ1v) is 9.39. The Morgan fingerprint density at radius 3 is 3.08 bits per heavy atom. The third-order valence-electron chi connectivity index (χ3n) is 5.09. The van der Waals surface area contributed by atoms with E-state index in [4.69, 9.17) is 9.15 Å². The minimum absolute atomic E-state index is 0.00539. The van der Waals surface area contributed by atoms with Crippen LogP contribution in [-0.2, 0) is 11.3 Å². The highest BCUT2D eigenvalue weighted by molar-refractivity contribution is 7.07. The molecule has 1 atom stereocenters. The number of amides is 1. The van der Waals surface area contributed by atoms with Crippen LogP contribution in [0.15, 0.2) is 39.6 Å². The summed E-state index contributed by atoms with van der Waals surface area (Å²) in [6.07, 6.45) is 3.56. The van der Waals surface area contributed by atoms with Crippen molar-refractivity contribution in [3.8, 4) is 0 Å². The van der Waals surface area contributed by atoms with E-state index in [0.29, 0.717) is 18.2 Å². The van der Waals surface area contributed by atoms with E-state index >= 15 is 0 Å². The molecule has 2 aliphatic heterocycles. The number of rotatable bonds is 6. The first-order chi connectivity index (χ1) is 11.8. The highest BCUT2D eigenvalue weighted by atomic mass is 32.1. The van der Waals surface area contributed by atoms with Crippen LogP contribution in [0.2, 0.25) is 0 Å². The van der Waals surface area contributed by atoms with Gasteiger partial charge in [-0.15, -0.1) is 0 Å². The third-order valence-corrected chi connectivity index (χ3v) is 5.82. The lowest BCUT2D eigenvalue weighted by atomic mass is 9.79. The summed E-state index contributed by atoms with van der Waals surface area (Å²) in [5.41, 5.74) is 1.39. The number of carbonyl (C=O) groups is 1. The molecular formula is C18H22N2O3S. The second-order valence-electron chi connectivity index (χ2n) is 6.70. The smallest absolute Gasteiger partial charge is 0.286 e. The number of hydrogen-bond donors (Lipinski definition) is 1. The molecule has 0 unspecified atom stereocenters. The van der Waals surface area contributed by atoms with Gasteiger partial charge in [-0.25, -0.2) is 0 Å². The number of likely N-dealkylation sites (tertiary alicyclic amines) is 1. The van der Waals surface area contributed by atoms with E-state index in [9.17, 15) is 4.79 Å². The van der Waals surface area contributed by atoms with Gasteiger partial charge >= 0.3 is 0 Å². The molecule has 2 saturated heterocycles. The van der Waals surface area contributed by atoms with Crippen LogP contribution in [0.3, 0.4) is 0 Å². The van der Waals surface area contributed by atoms with E-state index in [1.807, 2.05) is 0 Å². The molecule has 24 heavy (non-hydrogen) atoms. The van der Waals surface area contributed by atoms with Crippen molar-refractivity contribution < 1.29 is 13.9 Å². The fourth-order valence-electron chi connectivity index (χ4n) is 3.86. The van der Waals surface area contributed by atoms with Crippen LogP contribution >= 0.6 is 11.3 Å². The van der Waals surface area contributed by atoms with Crippen LogP contribution in [0.5, 0.6) is 0 Å². The van der Waals surface area contributed by atoms with Gasteiger partial charge in [0.15, 0.2) is 5.76 Å². The maximum atomic E-state index is 11.9. The Morgan fingerprint density at radius 2 is 2.33 bits per heavy atom. The lowest BCUT2D eigenvalue weighted by Gasteiger charge is -2.50. The highest BCUT2D eigenvalue weighted by Gasteiger charge is 2.52. The normalized spacial score (nSPS) is 22.6. The van der Waals surface area contributed by atoms with Crippen molar-refractivity contribution in [2.24, 2.45) is 5.92 Å². The van der Waals surface area contributed by atoms with Gasteiger partial charge in [0, 0.05) is 32.8 Å². The average Bonchev–Trinajstić information content (AvgIpc) is 3.28. The Kier molecular flexibility index (Phi) is 4.43. The van der Waals surface area contributed by atoms with Gasteiger partial charge in [-0.3, -0.25) is 9.69 Å². The zero-order chi connectivity index (χ0) is 16.4. The first-order valence-electron chi connectivity index (χ1n) is 8.44. The Balaban J connectivity index is 1.25. The van der Waals surface area contributed by atoms with E-state index < -0.39 is 0 Å². The molecule has 4 rings (SSSR count). The Labute approximate surface area is 145 Å². The summed E-state index contributed by atoms with van der Waals surface area (Å²) in [6.45, 7) is 4.51. The minimum Gasteiger partial charge on any atom is -0.459 e. The molecule has 2 aromatic heterocycles. The molecule has 0 bridgehead atoms. The molecule has 5 nitrogen and oxygen atoms in total. The summed E-state index contributed by atoms with van der Waals surface area (Å²) in [5, 5.41) is 7.28. The summed E-state index contributed by atoms with van der Waals surface area (Å²) in [5.74, 6) is 0.756. The number of hydrogen-bond acceptors (Lipinski definition) is 5. The van der Waals surface area contributed by atoms with Crippen molar-refractivity contribution >= 4 is 17.2 Å². The topological polar surface area (TPSA) is 54.7 Å². The fourth-order valence-corrected chi connectivity index (χ4v) is 4.52. The molecule has 6 heteroatoms. The van der Waals surface area contributed by atoms with E-state index in [2.05, 4.69) is 27.0 Å². The summed E-state index contributed by atoms with van der Waals surface area (Å²) in [4.78, 5) is 14.4. The van der Waals surface area contributed by atoms with Gasteiger partial charge in [-0.05, 0) is 53.3 Å². The summed E-state index contributed by atoms with van der Waals surface area (Å²) in [7, 11) is 0. The Bertz CT molecular complexity index is 663. The maximum absolute atomic E-state index is 11.9. The van der Waals surface area contributed by atoms with Crippen molar-refractivity contribution in [3.63, 3.8) is 0 Å². The molecule has 2 fully saturated rings. The number of nitrogens with zero attached hydrogens (tertiary/aromatic N) is 1. The van der Waals surface area contributed by atoms with Crippen molar-refractivity contribution in [1.82, 2.24) is 10.2 Å². The van der Waals surface area contributed by atoms with Crippen LogP contribution in [0.25, 0.3) is 0 Å². The number of furan rings is 1. The zero-order valence-electron chi connectivity index (χ0n) is 13.6. The second-order valence-corrected chi connectivity index (χ2v) is 7.48. The number of carbonyl (C=O) groups excluding carboxylic acids is 1. The Morgan fingerprint density at radius 1 is 1.42 bits per heavy atom. The quantitative estimate of drug-likeness (QED) is 0.874. The van der Waals surface area contributed by atoms with Crippen molar-refractivity contribution in [1.29, 1.82) is 0 Å². The lowest BCUT2D eigenvalue weighted by molar-refractivity contribution is -0.136. The average molecular weight is 346 g/mol. The number of ether oxygens (including phenoxy) is 1. The molecule has 0 aliphatic carbocycles. The Hall–Kier alpha value is -1.63. The molecule has 4 heterocycles. The van der Waals surface area contributed by atoms with E-state index in [1.54, 1.807) is 23.5 Å². The van der Waals surface area contributed by atoms with E-state index in [1.165, 1.54) is 11.8 Å². The lowest BCUT2D eigenvalue weighted by Crippen LogP contribution is -2.64. The largest absolute Gasteiger partial charge is 0.459 e. The molecule has 1 N–H and O–H groups in total. The molecule has 1 amide bonds. The van der Waals surface area contributed by atoms with Crippen LogP contribution in [0, 0.1) is 5.92 Å². The second kappa shape index (κ2) is 6.70. The van der Waals surface area contributed by atoms with Gasteiger partial charge < -0.3 is 14.5 Å². The highest BCUT2D eigenvalue weighted by Crippen LogP contribution is 2.42. The zero-order valence-corrected chi connectivity index (χ0v) is 14.4. The van der Waals surface area contributed by atoms with Crippen LogP contribution in [0.4, 0.5) is 0 Å². The van der Waals surface area contributed by atoms with Gasteiger partial charge in [-0.2, -0.15) is 11.3 Å². The SMILES string of the molecule is O=C(NCC[C@@H]1CCOC12CN(Cc1ccsc1)C2)c1ccco1. The minimum atomic E-state index is -0.138. The van der Waals surface area contributed by atoms with Crippen molar-refractivity contribution in [2.45, 2.75) is 25.0 Å². The molecule has 1 spiro atoms. The van der Waals surface area contributed by atoms with Gasteiger partial charge in [0.05, 0.1) is 11.9 Å². The summed E-state index contributed by atoms with van der Waals surface area (Å²) in [6, 6.07) is 5.60. The first kappa shape index (κ1) is 15.9. The van der Waals surface area contributed by atoms with Gasteiger partial charge in [0.25, 0.3) is 5.91 Å². The molecule has 2 aromatic rings. The van der Waals surface area contributed by atoms with Crippen LogP contribution < -0.4 is 5.32 Å². The molecular weight excluding hydrogens is 324 g/mol. The van der Waals surface area contributed by atoms with Gasteiger partial charge in [0.1, 0.15) is 0 Å². The standard InChI is InChI=1S/C18H22N2O3S/c21-17(16-2-1-7-22-16)19-6-3-15-4-8-23-18(15)12-20(13-18)10-14-5-9-24-11-14/h1-2,5,7,9,11,15H,3-4,6,8,10,12-13H2,(H,19,21)/t15-/m1/s1. The van der Waals surface area contributed by atoms with Crippen LogP contribution in [0.1, 0.15) is 29.0 Å². The predicted octanol–water partition coefficient (Wildman–Crippen LogP) is 2.75. The van der Waals surface area contributed by atoms with Crippen molar-refractivity contribution in [3.05, 3.63) is 46.5 Å². The maximum Gasteiger partial charge on any atom is 0.286 e. The van der Waals surface area contributed by atoms with Crippen molar-refractivity contribution in [2.75, 3.05) is 26.2 Å². The molecule has 0 radical (unpaired) electrons. The number of nitrogens with one attached hydrogen (secondary N) is 1. The fraction of sp³-hybridized carbons (Fsp3) is 0.500. The monoisotopic (exact) mass is 346 g/mol. The molecule has 128 valence electrons. The molecule has 2 aliphatic rings. The molecule has 0 saturated carbocycles. The van der Waals surface area contributed by atoms with Gasteiger partial charge in [0.2, 0.25) is 0 Å². The van der Waals surface area contributed by atoms with E-state index in [-0.39, 0.29) is 11.5 Å². The molecule has 0 aromatic carbocycles. The van der Waals surface area contributed by atoms with Crippen LogP contribution in [-0.4, -0.2) is 42.6 Å². The predicted molar refractivity (Wildman–Crippen MR) is 92.0 cm³/mol. The number of thiophene rings is 1.